The van der Waals surface area contributed by atoms with Crippen LogP contribution in [-0.2, 0) is 0 Å². The van der Waals surface area contributed by atoms with Crippen LogP contribution in [0.25, 0.3) is 0 Å². The molecular weight excluding hydrogens is 158 g/mol. The molecule has 0 amide bonds. The first kappa shape index (κ1) is 10.4. The van der Waals surface area contributed by atoms with Gasteiger partial charge in [0.25, 0.3) is 0 Å². The smallest absolute Gasteiger partial charge is 0.0349 e. The molecule has 1 rings (SSSR count). The summed E-state index contributed by atoms with van der Waals surface area (Å²) in [7, 11) is 0. The minimum atomic E-state index is 0.272. The molecule has 0 aromatic heterocycles. The molecule has 1 fully saturated rings. The third-order valence-electron chi connectivity index (χ3n) is 2.95. The van der Waals surface area contributed by atoms with E-state index in [-0.39, 0.29) is 5.54 Å². The molecule has 0 N–H and O–H groups in total. The molecule has 0 radical (unpaired) electrons. The molecule has 0 unspecified atom stereocenters. The van der Waals surface area contributed by atoms with Crippen LogP contribution in [0.2, 0.25) is 0 Å². The van der Waals surface area contributed by atoms with Crippen molar-refractivity contribution in [2.24, 2.45) is 0 Å². The Balaban J connectivity index is 2.81. The SMILES string of the molecule is C=C1CCC(C)(C)N(CCC)C1=C. The van der Waals surface area contributed by atoms with E-state index in [2.05, 4.69) is 38.8 Å². The lowest BCUT2D eigenvalue weighted by Gasteiger charge is -2.46. The van der Waals surface area contributed by atoms with Crippen LogP contribution in [0.1, 0.15) is 40.0 Å². The van der Waals surface area contributed by atoms with Crippen molar-refractivity contribution in [3.63, 3.8) is 0 Å². The highest BCUT2D eigenvalue weighted by Gasteiger charge is 2.31. The summed E-state index contributed by atoms with van der Waals surface area (Å²) in [5.41, 5.74) is 2.64. The highest BCUT2D eigenvalue weighted by molar-refractivity contribution is 5.29. The van der Waals surface area contributed by atoms with E-state index in [0.29, 0.717) is 0 Å². The van der Waals surface area contributed by atoms with Crippen LogP contribution in [0.3, 0.4) is 0 Å². The van der Waals surface area contributed by atoms with E-state index < -0.39 is 0 Å². The van der Waals surface area contributed by atoms with E-state index in [1.54, 1.807) is 0 Å². The fraction of sp³-hybridized carbons (Fsp3) is 0.667. The Hall–Kier alpha value is -0.720. The van der Waals surface area contributed by atoms with Crippen molar-refractivity contribution in [1.29, 1.82) is 0 Å². The van der Waals surface area contributed by atoms with Gasteiger partial charge >= 0.3 is 0 Å². The van der Waals surface area contributed by atoms with E-state index in [0.717, 1.165) is 18.7 Å². The molecule has 1 aliphatic rings. The second-order valence-corrected chi connectivity index (χ2v) is 4.51. The number of rotatable bonds is 2. The van der Waals surface area contributed by atoms with Crippen LogP contribution in [0.15, 0.2) is 24.4 Å². The lowest BCUT2D eigenvalue weighted by molar-refractivity contribution is 0.141. The Bertz CT molecular complexity index is 225. The predicted octanol–water partition coefficient (Wildman–Crippen LogP) is 3.34. The van der Waals surface area contributed by atoms with Gasteiger partial charge in [-0.15, -0.1) is 0 Å². The summed E-state index contributed by atoms with van der Waals surface area (Å²) >= 11 is 0. The van der Waals surface area contributed by atoms with Crippen molar-refractivity contribution >= 4 is 0 Å². The highest BCUT2D eigenvalue weighted by atomic mass is 15.2. The first-order chi connectivity index (χ1) is 5.99. The molecule has 1 saturated heterocycles. The fourth-order valence-corrected chi connectivity index (χ4v) is 1.95. The fourth-order valence-electron chi connectivity index (χ4n) is 1.95. The zero-order valence-corrected chi connectivity index (χ0v) is 9.19. The van der Waals surface area contributed by atoms with Crippen molar-refractivity contribution in [1.82, 2.24) is 4.90 Å². The molecule has 0 bridgehead atoms. The second kappa shape index (κ2) is 3.57. The van der Waals surface area contributed by atoms with Crippen molar-refractivity contribution in [2.75, 3.05) is 6.54 Å². The topological polar surface area (TPSA) is 3.24 Å². The van der Waals surface area contributed by atoms with Crippen molar-refractivity contribution < 1.29 is 0 Å². The zero-order chi connectivity index (χ0) is 10.1. The van der Waals surface area contributed by atoms with Gasteiger partial charge in [0, 0.05) is 17.8 Å². The molecule has 0 spiro atoms. The van der Waals surface area contributed by atoms with Gasteiger partial charge in [-0.1, -0.05) is 20.1 Å². The second-order valence-electron chi connectivity index (χ2n) is 4.51. The van der Waals surface area contributed by atoms with Gasteiger partial charge in [-0.3, -0.25) is 0 Å². The maximum Gasteiger partial charge on any atom is 0.0349 e. The molecule has 74 valence electrons. The van der Waals surface area contributed by atoms with Crippen LogP contribution >= 0.6 is 0 Å². The average Bonchev–Trinajstić information content (AvgIpc) is 2.07. The lowest BCUT2D eigenvalue weighted by atomic mass is 9.86. The minimum Gasteiger partial charge on any atom is -0.367 e. The molecule has 0 aromatic carbocycles. The molecule has 0 atom stereocenters. The normalized spacial score (nSPS) is 22.2. The largest absolute Gasteiger partial charge is 0.367 e. The Morgan fingerprint density at radius 2 is 2.00 bits per heavy atom. The van der Waals surface area contributed by atoms with Crippen LogP contribution < -0.4 is 0 Å². The summed E-state index contributed by atoms with van der Waals surface area (Å²) < 4.78 is 0. The van der Waals surface area contributed by atoms with Crippen LogP contribution in [0.5, 0.6) is 0 Å². The molecule has 0 aliphatic carbocycles. The van der Waals surface area contributed by atoms with Crippen molar-refractivity contribution in [2.45, 2.75) is 45.6 Å². The van der Waals surface area contributed by atoms with Gasteiger partial charge < -0.3 is 4.90 Å². The van der Waals surface area contributed by atoms with Gasteiger partial charge in [0.1, 0.15) is 0 Å². The molecule has 1 heterocycles. The Kier molecular flexibility index (Phi) is 2.84. The van der Waals surface area contributed by atoms with E-state index >= 15 is 0 Å². The van der Waals surface area contributed by atoms with Gasteiger partial charge in [-0.2, -0.15) is 0 Å². The van der Waals surface area contributed by atoms with Gasteiger partial charge in [0.15, 0.2) is 0 Å². The zero-order valence-electron chi connectivity index (χ0n) is 9.19. The molecule has 0 aromatic rings. The average molecular weight is 179 g/mol. The molecule has 0 saturated carbocycles. The first-order valence-corrected chi connectivity index (χ1v) is 5.13. The third kappa shape index (κ3) is 1.96. The van der Waals surface area contributed by atoms with E-state index in [1.807, 2.05) is 0 Å². The third-order valence-corrected chi connectivity index (χ3v) is 2.95. The van der Waals surface area contributed by atoms with Crippen molar-refractivity contribution in [3.8, 4) is 0 Å². The maximum atomic E-state index is 4.12. The number of hydrogen-bond acceptors (Lipinski definition) is 1. The molecule has 1 heteroatoms. The van der Waals surface area contributed by atoms with E-state index in [1.165, 1.54) is 18.4 Å². The van der Waals surface area contributed by atoms with Crippen LogP contribution in [0.4, 0.5) is 0 Å². The number of piperidine rings is 1. The number of hydrogen-bond donors (Lipinski definition) is 0. The van der Waals surface area contributed by atoms with E-state index in [9.17, 15) is 0 Å². The lowest BCUT2D eigenvalue weighted by Crippen LogP contribution is -2.46. The minimum absolute atomic E-state index is 0.272. The number of nitrogens with zero attached hydrogens (tertiary/aromatic N) is 1. The summed E-state index contributed by atoms with van der Waals surface area (Å²) in [4.78, 5) is 2.40. The van der Waals surface area contributed by atoms with Crippen LogP contribution in [0, 0.1) is 0 Å². The monoisotopic (exact) mass is 179 g/mol. The Morgan fingerprint density at radius 1 is 1.38 bits per heavy atom. The van der Waals surface area contributed by atoms with Crippen LogP contribution in [-0.4, -0.2) is 17.0 Å². The van der Waals surface area contributed by atoms with Gasteiger partial charge in [-0.05, 0) is 38.7 Å². The highest BCUT2D eigenvalue weighted by Crippen LogP contribution is 2.35. The van der Waals surface area contributed by atoms with Gasteiger partial charge in [0.05, 0.1) is 0 Å². The first-order valence-electron chi connectivity index (χ1n) is 5.13. The molecular formula is C12H21N. The van der Waals surface area contributed by atoms with Gasteiger partial charge in [0.2, 0.25) is 0 Å². The molecule has 1 aliphatic heterocycles. The molecule has 13 heavy (non-hydrogen) atoms. The summed E-state index contributed by atoms with van der Waals surface area (Å²) in [6, 6.07) is 0. The number of likely N-dealkylation sites (tertiary alicyclic amines) is 1. The van der Waals surface area contributed by atoms with Gasteiger partial charge in [-0.25, -0.2) is 0 Å². The summed E-state index contributed by atoms with van der Waals surface area (Å²) in [6.45, 7) is 16.1. The Labute approximate surface area is 82.1 Å². The van der Waals surface area contributed by atoms with Crippen molar-refractivity contribution in [3.05, 3.63) is 24.4 Å². The molecule has 1 nitrogen and oxygen atoms in total. The van der Waals surface area contributed by atoms with E-state index in [4.69, 9.17) is 0 Å². The summed E-state index contributed by atoms with van der Waals surface area (Å²) in [5, 5.41) is 0. The predicted molar refractivity (Wildman–Crippen MR) is 58.6 cm³/mol. The maximum absolute atomic E-state index is 4.12. The number of allylic oxidation sites excluding steroid dienone is 1. The standard InChI is InChI=1S/C12H21N/c1-6-9-13-11(3)10(2)7-8-12(13,4)5/h2-3,6-9H2,1,4-5H3. The quantitative estimate of drug-likeness (QED) is 0.628. The summed E-state index contributed by atoms with van der Waals surface area (Å²) in [5.74, 6) is 0. The Morgan fingerprint density at radius 3 is 2.54 bits per heavy atom. The summed E-state index contributed by atoms with van der Waals surface area (Å²) in [6.07, 6.45) is 3.48.